The zero-order valence-corrected chi connectivity index (χ0v) is 23.7. The number of furan rings is 1. The van der Waals surface area contributed by atoms with E-state index in [1.165, 1.54) is 18.2 Å². The topological polar surface area (TPSA) is 216 Å². The molecule has 0 aliphatic heterocycles. The van der Waals surface area contributed by atoms with Crippen LogP contribution < -0.4 is 15.4 Å². The number of aromatic hydroxyl groups is 1. The summed E-state index contributed by atoms with van der Waals surface area (Å²) in [5.74, 6) is -8.50. The Kier molecular flexibility index (Phi) is 11.5. The van der Waals surface area contributed by atoms with E-state index in [0.717, 1.165) is 18.2 Å². The number of phenols is 1. The van der Waals surface area contributed by atoms with Gasteiger partial charge in [-0.2, -0.15) is 0 Å². The van der Waals surface area contributed by atoms with Crippen LogP contribution in [0.25, 0.3) is 11.3 Å². The fraction of sp³-hybridized carbons (Fsp3) is 0.276. The number of halogens is 2. The van der Waals surface area contributed by atoms with Crippen LogP contribution in [0.2, 0.25) is 0 Å². The number of nitrogens with zero attached hydrogens (tertiary/aromatic N) is 1. The van der Waals surface area contributed by atoms with Gasteiger partial charge >= 0.3 is 11.9 Å². The summed E-state index contributed by atoms with van der Waals surface area (Å²) in [6.45, 7) is 0.359. The zero-order chi connectivity index (χ0) is 33.3. The fourth-order valence-electron chi connectivity index (χ4n) is 4.49. The van der Waals surface area contributed by atoms with Crippen LogP contribution in [0.1, 0.15) is 46.2 Å². The second-order valence-corrected chi connectivity index (χ2v) is 9.58. The number of hydroxylamine groups is 2. The molecule has 0 spiro atoms. The number of hydrogen-bond donors (Lipinski definition) is 6. The Labute approximate surface area is 253 Å². The fourth-order valence-corrected chi connectivity index (χ4v) is 4.49. The Hall–Kier alpha value is -5.51. The zero-order valence-electron chi connectivity index (χ0n) is 23.7. The number of carbonyl (C=O) groups excluding carboxylic acids is 3. The highest BCUT2D eigenvalue weighted by Crippen LogP contribution is 2.37. The first-order valence-electron chi connectivity index (χ1n) is 13.3. The molecule has 3 amide bonds. The average Bonchev–Trinajstić information content (AvgIpc) is 3.49. The van der Waals surface area contributed by atoms with Crippen molar-refractivity contribution in [3.63, 3.8) is 0 Å². The number of nitrogens with one attached hydrogen (secondary N) is 2. The maximum atomic E-state index is 14.2. The van der Waals surface area contributed by atoms with E-state index in [1.807, 2.05) is 0 Å². The Morgan fingerprint density at radius 1 is 1.07 bits per heavy atom. The first-order valence-corrected chi connectivity index (χ1v) is 13.3. The number of ether oxygens (including phenoxy) is 1. The van der Waals surface area contributed by atoms with Gasteiger partial charge in [0, 0.05) is 6.07 Å². The summed E-state index contributed by atoms with van der Waals surface area (Å²) >= 11 is 0. The molecule has 2 aromatic carbocycles. The van der Waals surface area contributed by atoms with Crippen LogP contribution in [0.15, 0.2) is 46.9 Å². The molecular formula is C29H29F2N3O11. The average molecular weight is 634 g/mol. The largest absolute Gasteiger partial charge is 0.506 e. The summed E-state index contributed by atoms with van der Waals surface area (Å²) in [7, 11) is 0. The molecular weight excluding hydrogens is 604 g/mol. The molecule has 0 saturated carbocycles. The lowest BCUT2D eigenvalue weighted by Gasteiger charge is -2.29. The third-order valence-corrected chi connectivity index (χ3v) is 6.69. The van der Waals surface area contributed by atoms with Gasteiger partial charge in [-0.1, -0.05) is 13.0 Å². The van der Waals surface area contributed by atoms with E-state index in [9.17, 15) is 48.2 Å². The lowest BCUT2D eigenvalue weighted by atomic mass is 9.89. The monoisotopic (exact) mass is 633 g/mol. The van der Waals surface area contributed by atoms with Crippen LogP contribution in [-0.2, 0) is 20.8 Å². The molecule has 2 atom stereocenters. The van der Waals surface area contributed by atoms with Crippen molar-refractivity contribution >= 4 is 30.2 Å². The molecule has 0 fully saturated rings. The molecule has 3 rings (SSSR count). The maximum Gasteiger partial charge on any atom is 0.341 e. The summed E-state index contributed by atoms with van der Waals surface area (Å²) in [5, 5.41) is 43.8. The standard InChI is InChI=1S/C29H29F2N3O11/c1-2-22(34(43)14-35)18(6-4-15-3-5-16(30)9-21(15)31)27(39)32-13-33-28(40)24-8-7-23(45-24)19-10-17(44-12-25(36)37)11-20(26(19)38)29(41)42/h3,5,7-11,14,18,22,38,43H,2,4,6,12-13H2,1H3,(H,32,39)(H,33,40)(H,36,37)(H,41,42). The molecule has 2 unspecified atom stereocenters. The van der Waals surface area contributed by atoms with E-state index in [1.54, 1.807) is 6.92 Å². The Balaban J connectivity index is 1.71. The van der Waals surface area contributed by atoms with Gasteiger partial charge in [-0.3, -0.25) is 19.6 Å². The van der Waals surface area contributed by atoms with Gasteiger partial charge in [0.05, 0.1) is 24.2 Å². The summed E-state index contributed by atoms with van der Waals surface area (Å²) in [6.07, 6.45) is 0.173. The SMILES string of the molecule is CCC(C(CCc1ccc(F)cc1F)C(=O)NCNC(=O)c1ccc(-c2cc(OCC(=O)O)cc(C(=O)O)c2O)o1)N(O)C=O. The van der Waals surface area contributed by atoms with Gasteiger partial charge in [0.2, 0.25) is 12.3 Å². The summed E-state index contributed by atoms with van der Waals surface area (Å²) in [4.78, 5) is 59.4. The van der Waals surface area contributed by atoms with Gasteiger partial charge in [0.15, 0.2) is 12.4 Å². The highest BCUT2D eigenvalue weighted by Gasteiger charge is 2.31. The van der Waals surface area contributed by atoms with Crippen molar-refractivity contribution < 1.29 is 62.4 Å². The van der Waals surface area contributed by atoms with Crippen molar-refractivity contribution in [2.75, 3.05) is 13.3 Å². The second kappa shape index (κ2) is 15.3. The number of benzene rings is 2. The molecule has 1 heterocycles. The number of aryl methyl sites for hydroxylation is 1. The van der Waals surface area contributed by atoms with Crippen molar-refractivity contribution in [2.45, 2.75) is 32.2 Å². The predicted molar refractivity (Wildman–Crippen MR) is 148 cm³/mol. The summed E-state index contributed by atoms with van der Waals surface area (Å²) in [6, 6.07) is 6.43. The molecule has 0 bridgehead atoms. The summed E-state index contributed by atoms with van der Waals surface area (Å²) < 4.78 is 37.9. The summed E-state index contributed by atoms with van der Waals surface area (Å²) in [5.41, 5.74) is -0.712. The molecule has 0 aliphatic carbocycles. The molecule has 14 nitrogen and oxygen atoms in total. The third kappa shape index (κ3) is 8.76. The number of carbonyl (C=O) groups is 5. The Bertz CT molecular complexity index is 1580. The van der Waals surface area contributed by atoms with Gasteiger partial charge in [-0.15, -0.1) is 0 Å². The molecule has 3 aromatic rings. The van der Waals surface area contributed by atoms with Gasteiger partial charge < -0.3 is 35.1 Å². The van der Waals surface area contributed by atoms with Gasteiger partial charge in [0.1, 0.15) is 34.5 Å². The van der Waals surface area contributed by atoms with Crippen molar-refractivity contribution in [1.82, 2.24) is 15.7 Å². The Morgan fingerprint density at radius 2 is 1.80 bits per heavy atom. The molecule has 0 radical (unpaired) electrons. The Morgan fingerprint density at radius 3 is 2.42 bits per heavy atom. The second-order valence-electron chi connectivity index (χ2n) is 9.58. The van der Waals surface area contributed by atoms with E-state index in [2.05, 4.69) is 10.6 Å². The minimum absolute atomic E-state index is 0.0338. The van der Waals surface area contributed by atoms with Crippen LogP contribution in [0.5, 0.6) is 11.5 Å². The molecule has 240 valence electrons. The third-order valence-electron chi connectivity index (χ3n) is 6.69. The number of rotatable bonds is 16. The van der Waals surface area contributed by atoms with Crippen molar-refractivity contribution in [3.8, 4) is 22.8 Å². The van der Waals surface area contributed by atoms with E-state index in [0.29, 0.717) is 11.1 Å². The van der Waals surface area contributed by atoms with Crippen molar-refractivity contribution in [2.24, 2.45) is 5.92 Å². The predicted octanol–water partition coefficient (Wildman–Crippen LogP) is 2.77. The first kappa shape index (κ1) is 34.0. The smallest absolute Gasteiger partial charge is 0.341 e. The quantitative estimate of drug-likeness (QED) is 0.0583. The van der Waals surface area contributed by atoms with E-state index >= 15 is 0 Å². The minimum atomic E-state index is -1.54. The van der Waals surface area contributed by atoms with Gasteiger partial charge in [0.25, 0.3) is 5.91 Å². The molecule has 16 heteroatoms. The number of carboxylic acid groups (broad SMARTS) is 2. The highest BCUT2D eigenvalue weighted by atomic mass is 19.1. The van der Waals surface area contributed by atoms with Crippen LogP contribution in [-0.4, -0.2) is 75.1 Å². The molecule has 45 heavy (non-hydrogen) atoms. The van der Waals surface area contributed by atoms with E-state index < -0.39 is 71.9 Å². The lowest BCUT2D eigenvalue weighted by molar-refractivity contribution is -0.168. The highest BCUT2D eigenvalue weighted by molar-refractivity contribution is 5.95. The maximum absolute atomic E-state index is 14.2. The number of aromatic carboxylic acids is 1. The van der Waals surface area contributed by atoms with E-state index in [-0.39, 0.29) is 54.1 Å². The van der Waals surface area contributed by atoms with Crippen LogP contribution in [0.3, 0.4) is 0 Å². The van der Waals surface area contributed by atoms with Gasteiger partial charge in [-0.05, 0) is 55.2 Å². The number of carboxylic acids is 2. The molecule has 0 aliphatic rings. The number of amides is 3. The minimum Gasteiger partial charge on any atom is -0.506 e. The van der Waals surface area contributed by atoms with Crippen LogP contribution in [0, 0.1) is 17.6 Å². The van der Waals surface area contributed by atoms with Crippen LogP contribution >= 0.6 is 0 Å². The molecule has 0 saturated heterocycles. The van der Waals surface area contributed by atoms with Crippen molar-refractivity contribution in [1.29, 1.82) is 0 Å². The van der Waals surface area contributed by atoms with Crippen molar-refractivity contribution in [3.05, 3.63) is 71.0 Å². The van der Waals surface area contributed by atoms with Gasteiger partial charge in [-0.25, -0.2) is 23.4 Å². The molecule has 6 N–H and O–H groups in total. The van der Waals surface area contributed by atoms with Crippen LogP contribution in [0.4, 0.5) is 8.78 Å². The number of aliphatic carboxylic acids is 1. The number of hydrogen-bond acceptors (Lipinski definition) is 9. The molecule has 1 aromatic heterocycles. The normalized spacial score (nSPS) is 12.1. The van der Waals surface area contributed by atoms with E-state index in [4.69, 9.17) is 14.3 Å². The first-order chi connectivity index (χ1) is 21.4. The lowest BCUT2D eigenvalue weighted by Crippen LogP contribution is -2.47.